The topological polar surface area (TPSA) is 50.4 Å². The molecule has 146 valence electrons. The van der Waals surface area contributed by atoms with E-state index < -0.39 is 0 Å². The Morgan fingerprint density at radius 1 is 1.11 bits per heavy atom. The summed E-state index contributed by atoms with van der Waals surface area (Å²) in [5.74, 6) is 0.421. The molecule has 0 bridgehead atoms. The van der Waals surface area contributed by atoms with Crippen molar-refractivity contribution < 1.29 is 13.9 Å². The first kappa shape index (κ1) is 19.9. The molecule has 2 amide bonds. The Morgan fingerprint density at radius 2 is 1.86 bits per heavy atom. The maximum absolute atomic E-state index is 13.3. The minimum Gasteiger partial charge on any atom is -0.496 e. The highest BCUT2D eigenvalue weighted by molar-refractivity contribution is 7.10. The van der Waals surface area contributed by atoms with E-state index >= 15 is 0 Å². The number of nitrogens with one attached hydrogen (secondary N) is 2. The number of halogens is 1. The lowest BCUT2D eigenvalue weighted by molar-refractivity contribution is 0.235. The van der Waals surface area contributed by atoms with Gasteiger partial charge in [0.05, 0.1) is 19.2 Å². The van der Waals surface area contributed by atoms with E-state index in [0.29, 0.717) is 0 Å². The highest BCUT2D eigenvalue weighted by Crippen LogP contribution is 2.28. The second kappa shape index (κ2) is 8.89. The highest BCUT2D eigenvalue weighted by atomic mass is 32.1. The molecule has 0 aliphatic heterocycles. The van der Waals surface area contributed by atoms with Crippen LogP contribution in [-0.2, 0) is 0 Å². The average molecular weight is 399 g/mol. The molecule has 0 radical (unpaired) electrons. The molecule has 0 aliphatic carbocycles. The van der Waals surface area contributed by atoms with Crippen molar-refractivity contribution in [1.29, 1.82) is 0 Å². The fraction of sp³-hybridized carbons (Fsp3) is 0.227. The van der Waals surface area contributed by atoms with Crippen LogP contribution in [0, 0.1) is 12.7 Å². The highest BCUT2D eigenvalue weighted by Gasteiger charge is 2.20. The normalized spacial score (nSPS) is 12.9. The molecule has 2 N–H and O–H groups in total. The number of amides is 2. The summed E-state index contributed by atoms with van der Waals surface area (Å²) in [6.45, 7) is 3.91. The minimum atomic E-state index is -0.354. The first-order valence-electron chi connectivity index (χ1n) is 8.98. The number of rotatable bonds is 6. The molecular formula is C22H23FN2O2S. The summed E-state index contributed by atoms with van der Waals surface area (Å²) < 4.78 is 18.7. The minimum absolute atomic E-state index is 0.243. The van der Waals surface area contributed by atoms with Crippen molar-refractivity contribution >= 4 is 17.4 Å². The van der Waals surface area contributed by atoms with Crippen LogP contribution in [0.25, 0.3) is 0 Å². The van der Waals surface area contributed by atoms with E-state index in [1.165, 1.54) is 23.5 Å². The molecular weight excluding hydrogens is 375 g/mol. The molecule has 1 aromatic heterocycles. The van der Waals surface area contributed by atoms with Crippen molar-refractivity contribution in [3.8, 4) is 5.75 Å². The molecule has 0 saturated carbocycles. The predicted octanol–water partition coefficient (Wildman–Crippen LogP) is 5.35. The van der Waals surface area contributed by atoms with Gasteiger partial charge in [-0.2, -0.15) is 0 Å². The molecule has 0 saturated heterocycles. The molecule has 6 heteroatoms. The van der Waals surface area contributed by atoms with Gasteiger partial charge < -0.3 is 15.4 Å². The Balaban J connectivity index is 1.77. The van der Waals surface area contributed by atoms with Crippen molar-refractivity contribution in [1.82, 2.24) is 10.6 Å². The van der Waals surface area contributed by atoms with Crippen molar-refractivity contribution in [3.05, 3.63) is 87.4 Å². The van der Waals surface area contributed by atoms with E-state index in [2.05, 4.69) is 10.6 Å². The van der Waals surface area contributed by atoms with E-state index in [1.54, 1.807) is 19.2 Å². The first-order chi connectivity index (χ1) is 13.5. The quantitative estimate of drug-likeness (QED) is 0.588. The lowest BCUT2D eigenvalue weighted by Gasteiger charge is -2.22. The summed E-state index contributed by atoms with van der Waals surface area (Å²) in [6, 6.07) is 15.0. The Kier molecular flexibility index (Phi) is 6.31. The van der Waals surface area contributed by atoms with Gasteiger partial charge in [-0.05, 0) is 49.1 Å². The fourth-order valence-corrected chi connectivity index (χ4v) is 3.87. The maximum atomic E-state index is 13.3. The Labute approximate surface area is 168 Å². The van der Waals surface area contributed by atoms with Crippen LogP contribution in [0.1, 0.15) is 40.6 Å². The number of thiophene rings is 1. The number of carbonyl (C=O) groups is 1. The molecule has 1 heterocycles. The molecule has 0 fully saturated rings. The van der Waals surface area contributed by atoms with Gasteiger partial charge in [-0.3, -0.25) is 0 Å². The molecule has 0 spiro atoms. The number of aryl methyl sites for hydroxylation is 1. The average Bonchev–Trinajstić information content (AvgIpc) is 3.21. The SMILES string of the molecule is COc1ccc(C)cc1C(C)NC(=O)NC(c1ccc(F)cc1)c1cccs1. The number of methoxy groups -OCH3 is 1. The predicted molar refractivity (Wildman–Crippen MR) is 110 cm³/mol. The fourth-order valence-electron chi connectivity index (χ4n) is 3.07. The number of urea groups is 1. The first-order valence-corrected chi connectivity index (χ1v) is 9.86. The van der Waals surface area contributed by atoms with Gasteiger partial charge in [0.25, 0.3) is 0 Å². The van der Waals surface area contributed by atoms with Gasteiger partial charge in [0.1, 0.15) is 11.6 Å². The third-order valence-electron chi connectivity index (χ3n) is 4.51. The molecule has 2 atom stereocenters. The van der Waals surface area contributed by atoms with Crippen molar-refractivity contribution in [2.75, 3.05) is 7.11 Å². The molecule has 28 heavy (non-hydrogen) atoms. The Morgan fingerprint density at radius 3 is 2.50 bits per heavy atom. The molecule has 2 aromatic carbocycles. The van der Waals surface area contributed by atoms with Gasteiger partial charge in [0.2, 0.25) is 0 Å². The lowest BCUT2D eigenvalue weighted by Crippen LogP contribution is -2.39. The van der Waals surface area contributed by atoms with Gasteiger partial charge in [-0.25, -0.2) is 9.18 Å². The van der Waals surface area contributed by atoms with Crippen LogP contribution in [0.15, 0.2) is 60.0 Å². The van der Waals surface area contributed by atoms with Gasteiger partial charge in [0, 0.05) is 10.4 Å². The van der Waals surface area contributed by atoms with Crippen LogP contribution in [0.3, 0.4) is 0 Å². The van der Waals surface area contributed by atoms with Crippen molar-refractivity contribution in [3.63, 3.8) is 0 Å². The molecule has 3 rings (SSSR count). The van der Waals surface area contributed by atoms with Gasteiger partial charge in [0.15, 0.2) is 0 Å². The summed E-state index contributed by atoms with van der Waals surface area (Å²) in [5.41, 5.74) is 2.82. The van der Waals surface area contributed by atoms with Crippen molar-refractivity contribution in [2.24, 2.45) is 0 Å². The number of hydrogen-bond donors (Lipinski definition) is 2. The molecule has 2 unspecified atom stereocenters. The standard InChI is InChI=1S/C22H23FN2O2S/c1-14-6-11-19(27-3)18(13-14)15(2)24-22(26)25-21(20-5-4-12-28-20)16-7-9-17(23)10-8-16/h4-13,15,21H,1-3H3,(H2,24,25,26). The van der Waals surface area contributed by atoms with Crippen LogP contribution >= 0.6 is 11.3 Å². The van der Waals surface area contributed by atoms with E-state index in [9.17, 15) is 9.18 Å². The summed E-state index contributed by atoms with van der Waals surface area (Å²) in [6.07, 6.45) is 0. The summed E-state index contributed by atoms with van der Waals surface area (Å²) in [5, 5.41) is 7.93. The largest absolute Gasteiger partial charge is 0.496 e. The number of ether oxygens (including phenoxy) is 1. The van der Waals surface area contributed by atoms with Gasteiger partial charge in [-0.15, -0.1) is 11.3 Å². The van der Waals surface area contributed by atoms with Gasteiger partial charge in [-0.1, -0.05) is 35.9 Å². The second-order valence-corrected chi connectivity index (χ2v) is 7.56. The molecule has 4 nitrogen and oxygen atoms in total. The maximum Gasteiger partial charge on any atom is 0.316 e. The Bertz CT molecular complexity index is 926. The molecule has 3 aromatic rings. The smallest absolute Gasteiger partial charge is 0.316 e. The van der Waals surface area contributed by atoms with Crippen LogP contribution in [0.5, 0.6) is 5.75 Å². The van der Waals surface area contributed by atoms with Gasteiger partial charge >= 0.3 is 6.03 Å². The Hall–Kier alpha value is -2.86. The molecule has 0 aliphatic rings. The number of benzene rings is 2. The summed E-state index contributed by atoms with van der Waals surface area (Å²) in [4.78, 5) is 13.7. The van der Waals surface area contributed by atoms with Crippen LogP contribution < -0.4 is 15.4 Å². The van der Waals surface area contributed by atoms with E-state index in [0.717, 1.165) is 27.3 Å². The zero-order valence-electron chi connectivity index (χ0n) is 16.0. The number of carbonyl (C=O) groups excluding carboxylic acids is 1. The monoisotopic (exact) mass is 398 g/mol. The van der Waals surface area contributed by atoms with E-state index in [1.807, 2.05) is 49.6 Å². The third kappa shape index (κ3) is 4.70. The second-order valence-electron chi connectivity index (χ2n) is 6.58. The summed E-state index contributed by atoms with van der Waals surface area (Å²) >= 11 is 1.54. The third-order valence-corrected chi connectivity index (χ3v) is 5.44. The van der Waals surface area contributed by atoms with Crippen LogP contribution in [0.4, 0.5) is 9.18 Å². The van der Waals surface area contributed by atoms with E-state index in [-0.39, 0.29) is 23.9 Å². The zero-order chi connectivity index (χ0) is 20.1. The van der Waals surface area contributed by atoms with Crippen molar-refractivity contribution in [2.45, 2.75) is 25.9 Å². The van der Waals surface area contributed by atoms with Crippen LogP contribution in [0.2, 0.25) is 0 Å². The number of hydrogen-bond acceptors (Lipinski definition) is 3. The summed E-state index contributed by atoms with van der Waals surface area (Å²) in [7, 11) is 1.61. The van der Waals surface area contributed by atoms with Crippen LogP contribution in [-0.4, -0.2) is 13.1 Å². The lowest BCUT2D eigenvalue weighted by atomic mass is 10.0. The zero-order valence-corrected chi connectivity index (χ0v) is 16.8. The van der Waals surface area contributed by atoms with E-state index in [4.69, 9.17) is 4.74 Å².